The normalized spacial score (nSPS) is 14.5. The first-order chi connectivity index (χ1) is 10.2. The number of nitrogens with one attached hydrogen (secondary N) is 1. The third-order valence-corrected chi connectivity index (χ3v) is 3.72. The van der Waals surface area contributed by atoms with Crippen LogP contribution in [-0.4, -0.2) is 21.8 Å². The molecule has 1 amide bonds. The number of nitrogens with zero attached hydrogens (tertiary/aromatic N) is 2. The molecule has 2 aromatic rings. The van der Waals surface area contributed by atoms with E-state index in [9.17, 15) is 4.79 Å². The van der Waals surface area contributed by atoms with Crippen LogP contribution in [0.3, 0.4) is 0 Å². The maximum absolute atomic E-state index is 12.0. The second-order valence-electron chi connectivity index (χ2n) is 5.36. The van der Waals surface area contributed by atoms with E-state index in [1.807, 2.05) is 24.3 Å². The van der Waals surface area contributed by atoms with Gasteiger partial charge in [0.1, 0.15) is 5.75 Å². The Labute approximate surface area is 123 Å². The number of carbonyl (C=O) groups excluding carboxylic acids is 1. The number of hydrogen-bond acceptors (Lipinski definition) is 3. The number of aromatic nitrogens is 2. The van der Waals surface area contributed by atoms with Crippen LogP contribution in [0.25, 0.3) is 0 Å². The maximum Gasteiger partial charge on any atom is 0.254 e. The molecule has 1 saturated carbocycles. The number of aryl methyl sites for hydroxylation is 1. The molecule has 3 rings (SSSR count). The summed E-state index contributed by atoms with van der Waals surface area (Å²) in [6.45, 7) is 0.455. The molecule has 0 bridgehead atoms. The molecular weight excluding hydrogens is 266 g/mol. The van der Waals surface area contributed by atoms with E-state index in [1.165, 1.54) is 6.42 Å². The van der Waals surface area contributed by atoms with Gasteiger partial charge in [-0.05, 0) is 25.3 Å². The molecule has 1 aliphatic carbocycles. The van der Waals surface area contributed by atoms with E-state index in [0.717, 1.165) is 24.2 Å². The lowest BCUT2D eigenvalue weighted by atomic mass is 9.96. The first-order valence-corrected chi connectivity index (χ1v) is 7.24. The van der Waals surface area contributed by atoms with Crippen LogP contribution in [0.1, 0.15) is 35.2 Å². The Hall–Kier alpha value is -2.30. The van der Waals surface area contributed by atoms with E-state index in [4.69, 9.17) is 4.74 Å². The zero-order chi connectivity index (χ0) is 14.7. The minimum Gasteiger partial charge on any atom is -0.490 e. The molecule has 0 spiro atoms. The van der Waals surface area contributed by atoms with E-state index < -0.39 is 0 Å². The molecule has 1 fully saturated rings. The van der Waals surface area contributed by atoms with Crippen molar-refractivity contribution in [2.24, 2.45) is 7.05 Å². The van der Waals surface area contributed by atoms with E-state index in [1.54, 1.807) is 24.1 Å². The van der Waals surface area contributed by atoms with E-state index in [-0.39, 0.29) is 5.91 Å². The Morgan fingerprint density at radius 2 is 2.24 bits per heavy atom. The molecule has 0 saturated heterocycles. The summed E-state index contributed by atoms with van der Waals surface area (Å²) in [5.74, 6) is 0.746. The summed E-state index contributed by atoms with van der Waals surface area (Å²) < 4.78 is 7.57. The first kappa shape index (κ1) is 13.7. The Kier molecular flexibility index (Phi) is 3.90. The number of ether oxygens (including phenoxy) is 1. The molecule has 1 aromatic heterocycles. The van der Waals surface area contributed by atoms with Gasteiger partial charge in [0, 0.05) is 25.4 Å². The quantitative estimate of drug-likeness (QED) is 0.917. The number of amides is 1. The highest BCUT2D eigenvalue weighted by Crippen LogP contribution is 2.27. The zero-order valence-electron chi connectivity index (χ0n) is 12.1. The standard InChI is InChI=1S/C16H19N3O2/c1-19-11-13(10-18-19)16(20)17-9-12-5-2-3-8-15(12)21-14-6-4-7-14/h2-3,5,8,10-11,14H,4,6-7,9H2,1H3,(H,17,20). The highest BCUT2D eigenvalue weighted by atomic mass is 16.5. The van der Waals surface area contributed by atoms with Crippen LogP contribution < -0.4 is 10.1 Å². The van der Waals surface area contributed by atoms with Gasteiger partial charge in [0.15, 0.2) is 0 Å². The van der Waals surface area contributed by atoms with Crippen LogP contribution in [0.15, 0.2) is 36.7 Å². The molecule has 1 N–H and O–H groups in total. The minimum absolute atomic E-state index is 0.124. The van der Waals surface area contributed by atoms with Gasteiger partial charge in [-0.25, -0.2) is 0 Å². The maximum atomic E-state index is 12.0. The minimum atomic E-state index is -0.124. The molecule has 21 heavy (non-hydrogen) atoms. The lowest BCUT2D eigenvalue weighted by molar-refractivity contribution is 0.0948. The first-order valence-electron chi connectivity index (χ1n) is 7.24. The SMILES string of the molecule is Cn1cc(C(=O)NCc2ccccc2OC2CCC2)cn1. The topological polar surface area (TPSA) is 56.2 Å². The molecule has 5 heteroatoms. The summed E-state index contributed by atoms with van der Waals surface area (Å²) in [6.07, 6.45) is 7.08. The average molecular weight is 285 g/mol. The Bertz CT molecular complexity index is 632. The average Bonchev–Trinajstić information content (AvgIpc) is 2.88. The van der Waals surface area contributed by atoms with Crippen molar-refractivity contribution in [2.75, 3.05) is 0 Å². The van der Waals surface area contributed by atoms with Crippen molar-refractivity contribution in [3.8, 4) is 5.75 Å². The molecule has 1 aliphatic rings. The highest BCUT2D eigenvalue weighted by molar-refractivity contribution is 5.93. The Morgan fingerprint density at radius 3 is 2.90 bits per heavy atom. The van der Waals surface area contributed by atoms with Crippen LogP contribution in [0.4, 0.5) is 0 Å². The highest BCUT2D eigenvalue weighted by Gasteiger charge is 2.20. The van der Waals surface area contributed by atoms with Crippen molar-refractivity contribution < 1.29 is 9.53 Å². The van der Waals surface area contributed by atoms with Crippen LogP contribution in [0.5, 0.6) is 5.75 Å². The number of para-hydroxylation sites is 1. The number of rotatable bonds is 5. The fraction of sp³-hybridized carbons (Fsp3) is 0.375. The molecule has 0 unspecified atom stereocenters. The number of hydrogen-bond donors (Lipinski definition) is 1. The molecule has 5 nitrogen and oxygen atoms in total. The van der Waals surface area contributed by atoms with Crippen molar-refractivity contribution in [2.45, 2.75) is 31.9 Å². The fourth-order valence-electron chi connectivity index (χ4n) is 2.25. The van der Waals surface area contributed by atoms with Crippen molar-refractivity contribution in [1.82, 2.24) is 15.1 Å². The molecule has 110 valence electrons. The van der Waals surface area contributed by atoms with Gasteiger partial charge in [-0.1, -0.05) is 18.2 Å². The van der Waals surface area contributed by atoms with Gasteiger partial charge in [-0.15, -0.1) is 0 Å². The summed E-state index contributed by atoms with van der Waals surface area (Å²) in [6, 6.07) is 7.86. The Balaban J connectivity index is 1.63. The van der Waals surface area contributed by atoms with Crippen LogP contribution in [0, 0.1) is 0 Å². The van der Waals surface area contributed by atoms with Gasteiger partial charge in [0.2, 0.25) is 0 Å². The summed E-state index contributed by atoms with van der Waals surface area (Å²) >= 11 is 0. The number of carbonyl (C=O) groups is 1. The van der Waals surface area contributed by atoms with Gasteiger partial charge in [-0.3, -0.25) is 9.48 Å². The van der Waals surface area contributed by atoms with Crippen LogP contribution in [0.2, 0.25) is 0 Å². The Morgan fingerprint density at radius 1 is 1.43 bits per heavy atom. The van der Waals surface area contributed by atoms with Gasteiger partial charge >= 0.3 is 0 Å². The van der Waals surface area contributed by atoms with Crippen molar-refractivity contribution in [3.63, 3.8) is 0 Å². The van der Waals surface area contributed by atoms with Crippen LogP contribution in [-0.2, 0) is 13.6 Å². The van der Waals surface area contributed by atoms with Crippen molar-refractivity contribution >= 4 is 5.91 Å². The molecule has 1 heterocycles. The summed E-state index contributed by atoms with van der Waals surface area (Å²) in [7, 11) is 1.79. The lowest BCUT2D eigenvalue weighted by Crippen LogP contribution is -2.26. The summed E-state index contributed by atoms with van der Waals surface area (Å²) in [4.78, 5) is 12.0. The largest absolute Gasteiger partial charge is 0.490 e. The molecule has 0 radical (unpaired) electrons. The zero-order valence-corrected chi connectivity index (χ0v) is 12.1. The van der Waals surface area contributed by atoms with Gasteiger partial charge in [0.25, 0.3) is 5.91 Å². The lowest BCUT2D eigenvalue weighted by Gasteiger charge is -2.27. The molecule has 0 aliphatic heterocycles. The predicted molar refractivity (Wildman–Crippen MR) is 79.1 cm³/mol. The smallest absolute Gasteiger partial charge is 0.254 e. The van der Waals surface area contributed by atoms with Gasteiger partial charge in [0.05, 0.1) is 17.9 Å². The predicted octanol–water partition coefficient (Wildman–Crippen LogP) is 2.28. The van der Waals surface area contributed by atoms with Crippen molar-refractivity contribution in [1.29, 1.82) is 0 Å². The summed E-state index contributed by atoms with van der Waals surface area (Å²) in [5, 5.41) is 6.91. The second-order valence-corrected chi connectivity index (χ2v) is 5.36. The molecule has 1 aromatic carbocycles. The molecule has 0 atom stereocenters. The third kappa shape index (κ3) is 3.24. The van der Waals surface area contributed by atoms with Gasteiger partial charge < -0.3 is 10.1 Å². The fourth-order valence-corrected chi connectivity index (χ4v) is 2.25. The van der Waals surface area contributed by atoms with E-state index >= 15 is 0 Å². The third-order valence-electron chi connectivity index (χ3n) is 3.72. The van der Waals surface area contributed by atoms with Crippen molar-refractivity contribution in [3.05, 3.63) is 47.8 Å². The van der Waals surface area contributed by atoms with E-state index in [2.05, 4.69) is 10.4 Å². The van der Waals surface area contributed by atoms with Gasteiger partial charge in [-0.2, -0.15) is 5.10 Å². The second kappa shape index (κ2) is 5.99. The van der Waals surface area contributed by atoms with Crippen LogP contribution >= 0.6 is 0 Å². The monoisotopic (exact) mass is 285 g/mol. The van der Waals surface area contributed by atoms with E-state index in [0.29, 0.717) is 18.2 Å². The number of benzene rings is 1. The summed E-state index contributed by atoms with van der Waals surface area (Å²) in [5.41, 5.74) is 1.57. The molecular formula is C16H19N3O2.